The van der Waals surface area contributed by atoms with Crippen molar-refractivity contribution in [3.8, 4) is 0 Å². The highest BCUT2D eigenvalue weighted by molar-refractivity contribution is 6.05. The highest BCUT2D eigenvalue weighted by Gasteiger charge is 2.39. The summed E-state index contributed by atoms with van der Waals surface area (Å²) in [6.45, 7) is 3.42. The molecule has 5 heteroatoms. The number of hydrogen-bond donors (Lipinski definition) is 1. The number of rotatable bonds is 2. The number of piperidine rings is 1. The van der Waals surface area contributed by atoms with Gasteiger partial charge in [0.2, 0.25) is 0 Å². The molecule has 1 aliphatic carbocycles. The number of carbonyl (C=O) groups is 2. The van der Waals surface area contributed by atoms with Gasteiger partial charge in [-0.15, -0.1) is 0 Å². The van der Waals surface area contributed by atoms with E-state index in [1.807, 2.05) is 11.8 Å². The van der Waals surface area contributed by atoms with Gasteiger partial charge in [-0.3, -0.25) is 9.59 Å². The molecule has 2 aliphatic heterocycles. The second-order valence-electron chi connectivity index (χ2n) is 7.67. The fourth-order valence-corrected chi connectivity index (χ4v) is 4.52. The number of carbonyl (C=O) groups excluding carboxylic acids is 2. The van der Waals surface area contributed by atoms with Crippen LogP contribution in [0, 0.1) is 5.82 Å². The molecule has 1 amide bonds. The van der Waals surface area contributed by atoms with Crippen molar-refractivity contribution in [2.45, 2.75) is 51.4 Å². The fraction of sp³-hybridized carbons (Fsp3) is 0.455. The molecule has 0 unspecified atom stereocenters. The number of halogens is 1. The van der Waals surface area contributed by atoms with Crippen LogP contribution in [0.1, 0.15) is 56.9 Å². The van der Waals surface area contributed by atoms with Crippen LogP contribution < -0.4 is 5.32 Å². The predicted octanol–water partition coefficient (Wildman–Crippen LogP) is 3.81. The molecule has 1 N–H and O–H groups in total. The number of likely N-dealkylation sites (tertiary alicyclic amines) is 1. The molecule has 1 aromatic rings. The number of nitrogens with zero attached hydrogens (tertiary/aromatic N) is 1. The lowest BCUT2D eigenvalue weighted by molar-refractivity contribution is -0.128. The molecule has 1 fully saturated rings. The molecule has 1 saturated heterocycles. The summed E-state index contributed by atoms with van der Waals surface area (Å²) in [6.07, 6.45) is 5.31. The Morgan fingerprint density at radius 1 is 1.07 bits per heavy atom. The van der Waals surface area contributed by atoms with E-state index in [1.54, 1.807) is 12.1 Å². The van der Waals surface area contributed by atoms with Gasteiger partial charge in [0, 0.05) is 48.0 Å². The van der Waals surface area contributed by atoms with Gasteiger partial charge in [-0.1, -0.05) is 12.1 Å². The van der Waals surface area contributed by atoms with Crippen molar-refractivity contribution >= 4 is 11.7 Å². The van der Waals surface area contributed by atoms with Gasteiger partial charge in [-0.05, 0) is 56.7 Å². The molecule has 27 heavy (non-hydrogen) atoms. The van der Waals surface area contributed by atoms with Crippen LogP contribution in [0.3, 0.4) is 0 Å². The summed E-state index contributed by atoms with van der Waals surface area (Å²) in [6, 6.07) is 6.22. The second-order valence-corrected chi connectivity index (χ2v) is 7.67. The Hall–Kier alpha value is -2.43. The highest BCUT2D eigenvalue weighted by atomic mass is 19.1. The number of benzene rings is 1. The highest BCUT2D eigenvalue weighted by Crippen LogP contribution is 2.42. The van der Waals surface area contributed by atoms with Crippen LogP contribution in [-0.2, 0) is 9.59 Å². The van der Waals surface area contributed by atoms with Crippen LogP contribution in [-0.4, -0.2) is 29.7 Å². The van der Waals surface area contributed by atoms with Crippen molar-refractivity contribution < 1.29 is 14.0 Å². The van der Waals surface area contributed by atoms with Crippen LogP contribution in [0.2, 0.25) is 0 Å². The fourth-order valence-electron chi connectivity index (χ4n) is 4.52. The van der Waals surface area contributed by atoms with Crippen LogP contribution in [0.4, 0.5) is 4.39 Å². The molecular weight excluding hydrogens is 343 g/mol. The zero-order chi connectivity index (χ0) is 19.0. The third-order valence-electron chi connectivity index (χ3n) is 5.85. The van der Waals surface area contributed by atoms with E-state index in [9.17, 15) is 14.0 Å². The maximum atomic E-state index is 13.5. The smallest absolute Gasteiger partial charge is 0.252 e. The van der Waals surface area contributed by atoms with E-state index in [4.69, 9.17) is 0 Å². The minimum Gasteiger partial charge on any atom is -0.362 e. The topological polar surface area (TPSA) is 49.4 Å². The molecule has 0 bridgehead atoms. The third kappa shape index (κ3) is 3.31. The summed E-state index contributed by atoms with van der Waals surface area (Å²) in [5.74, 6) is -0.640. The predicted molar refractivity (Wildman–Crippen MR) is 101 cm³/mol. The molecule has 0 saturated carbocycles. The number of hydrogen-bond acceptors (Lipinski definition) is 3. The molecular formula is C22H25FN2O2. The Balaban J connectivity index is 1.80. The van der Waals surface area contributed by atoms with Crippen molar-refractivity contribution in [1.82, 2.24) is 10.2 Å². The van der Waals surface area contributed by atoms with Crippen molar-refractivity contribution in [2.24, 2.45) is 0 Å². The molecule has 0 aromatic heterocycles. The monoisotopic (exact) mass is 368 g/mol. The third-order valence-corrected chi connectivity index (χ3v) is 5.85. The Kier molecular flexibility index (Phi) is 4.85. The minimum atomic E-state index is -0.413. The van der Waals surface area contributed by atoms with E-state index >= 15 is 0 Å². The summed E-state index contributed by atoms with van der Waals surface area (Å²) in [4.78, 5) is 28.1. The number of amides is 1. The van der Waals surface area contributed by atoms with Crippen molar-refractivity contribution in [3.63, 3.8) is 0 Å². The number of Topliss-reactive ketones (excluding diaryl/α,β-unsaturated/α-hetero) is 1. The van der Waals surface area contributed by atoms with Gasteiger partial charge in [0.05, 0.1) is 0 Å². The second kappa shape index (κ2) is 7.29. The van der Waals surface area contributed by atoms with E-state index in [0.29, 0.717) is 17.6 Å². The van der Waals surface area contributed by atoms with Gasteiger partial charge in [0.15, 0.2) is 5.78 Å². The van der Waals surface area contributed by atoms with Crippen LogP contribution >= 0.6 is 0 Å². The van der Waals surface area contributed by atoms with Crippen LogP contribution in [0.5, 0.6) is 0 Å². The lowest BCUT2D eigenvalue weighted by Gasteiger charge is -2.37. The SMILES string of the molecule is CC1=C(C(=O)N2CCCCC2)[C@@H](c2ccc(F)cc2)C2=C(CCCC2=O)N1. The average Bonchev–Trinajstić information content (AvgIpc) is 2.68. The molecule has 142 valence electrons. The van der Waals surface area contributed by atoms with Gasteiger partial charge >= 0.3 is 0 Å². The summed E-state index contributed by atoms with van der Waals surface area (Å²) in [5.41, 5.74) is 3.87. The molecule has 0 spiro atoms. The zero-order valence-corrected chi connectivity index (χ0v) is 15.7. The molecule has 4 nitrogen and oxygen atoms in total. The first-order chi connectivity index (χ1) is 13.1. The molecule has 2 heterocycles. The first kappa shape index (κ1) is 18.0. The maximum absolute atomic E-state index is 13.5. The lowest BCUT2D eigenvalue weighted by atomic mass is 9.75. The summed E-state index contributed by atoms with van der Waals surface area (Å²) >= 11 is 0. The lowest BCUT2D eigenvalue weighted by Crippen LogP contribution is -2.42. The number of dihydropyridines is 1. The largest absolute Gasteiger partial charge is 0.362 e. The number of nitrogens with one attached hydrogen (secondary N) is 1. The molecule has 1 aromatic carbocycles. The Bertz CT molecular complexity index is 832. The van der Waals surface area contributed by atoms with Crippen LogP contribution in [0.15, 0.2) is 46.8 Å². The summed E-state index contributed by atoms with van der Waals surface area (Å²) < 4.78 is 13.5. The van der Waals surface area contributed by atoms with E-state index in [0.717, 1.165) is 62.2 Å². The summed E-state index contributed by atoms with van der Waals surface area (Å²) in [5, 5.41) is 3.35. The minimum absolute atomic E-state index is 0.000974. The van der Waals surface area contributed by atoms with Crippen molar-refractivity contribution in [1.29, 1.82) is 0 Å². The van der Waals surface area contributed by atoms with Gasteiger partial charge in [-0.2, -0.15) is 0 Å². The quantitative estimate of drug-likeness (QED) is 0.864. The zero-order valence-electron chi connectivity index (χ0n) is 15.7. The Labute approximate surface area is 159 Å². The van der Waals surface area contributed by atoms with E-state index < -0.39 is 5.92 Å². The van der Waals surface area contributed by atoms with E-state index in [-0.39, 0.29) is 17.5 Å². The Morgan fingerprint density at radius 3 is 2.48 bits per heavy atom. The normalized spacial score (nSPS) is 23.3. The maximum Gasteiger partial charge on any atom is 0.252 e. The standard InChI is InChI=1S/C22H25FN2O2/c1-14-19(22(27)25-12-3-2-4-13-25)20(15-8-10-16(23)11-9-15)21-17(24-14)6-5-7-18(21)26/h8-11,20,24H,2-7,12-13H2,1H3/t20-/m1/s1. The number of allylic oxidation sites excluding steroid dienone is 3. The van der Waals surface area contributed by atoms with Gasteiger partial charge in [0.1, 0.15) is 5.82 Å². The van der Waals surface area contributed by atoms with Gasteiger partial charge in [-0.25, -0.2) is 4.39 Å². The van der Waals surface area contributed by atoms with Crippen LogP contribution in [0.25, 0.3) is 0 Å². The van der Waals surface area contributed by atoms with Gasteiger partial charge < -0.3 is 10.2 Å². The van der Waals surface area contributed by atoms with Crippen molar-refractivity contribution in [2.75, 3.05) is 13.1 Å². The average molecular weight is 368 g/mol. The van der Waals surface area contributed by atoms with E-state index in [2.05, 4.69) is 5.32 Å². The first-order valence-electron chi connectivity index (χ1n) is 9.85. The van der Waals surface area contributed by atoms with Gasteiger partial charge in [0.25, 0.3) is 5.91 Å². The van der Waals surface area contributed by atoms with Crippen molar-refractivity contribution in [3.05, 3.63) is 58.2 Å². The molecule has 3 aliphatic rings. The Morgan fingerprint density at radius 2 is 1.78 bits per heavy atom. The molecule has 0 radical (unpaired) electrons. The first-order valence-corrected chi connectivity index (χ1v) is 9.85. The van der Waals surface area contributed by atoms with E-state index in [1.165, 1.54) is 12.1 Å². The molecule has 4 rings (SSSR count). The summed E-state index contributed by atoms with van der Waals surface area (Å²) in [7, 11) is 0. The molecule has 1 atom stereocenters. The number of ketones is 1.